The Morgan fingerprint density at radius 3 is 2.25 bits per heavy atom. The fourth-order valence-corrected chi connectivity index (χ4v) is 1.99. The molecule has 4 nitrogen and oxygen atoms in total. The van der Waals surface area contributed by atoms with Crippen molar-refractivity contribution in [1.29, 1.82) is 0 Å². The first kappa shape index (κ1) is 16.7. The summed E-state index contributed by atoms with van der Waals surface area (Å²) in [5.74, 6) is 0.0774. The zero-order chi connectivity index (χ0) is 15.6. The van der Waals surface area contributed by atoms with Crippen molar-refractivity contribution in [3.63, 3.8) is 0 Å². The summed E-state index contributed by atoms with van der Waals surface area (Å²) >= 11 is 0. The van der Waals surface area contributed by atoms with Gasteiger partial charge in [-0.05, 0) is 39.7 Å². The van der Waals surface area contributed by atoms with E-state index in [1.807, 2.05) is 47.6 Å². The summed E-state index contributed by atoms with van der Waals surface area (Å²) in [6.07, 6.45) is 4.97. The lowest BCUT2D eigenvalue weighted by Crippen LogP contribution is -2.39. The number of ether oxygens (including phenoxy) is 1. The van der Waals surface area contributed by atoms with Crippen LogP contribution in [0.5, 0.6) is 0 Å². The summed E-state index contributed by atoms with van der Waals surface area (Å²) in [5.41, 5.74) is -0.874. The number of allylic oxidation sites excluding steroid dienone is 1. The van der Waals surface area contributed by atoms with Gasteiger partial charge in [-0.2, -0.15) is 0 Å². The van der Waals surface area contributed by atoms with Crippen molar-refractivity contribution in [2.45, 2.75) is 66.0 Å². The number of ketones is 1. The third kappa shape index (κ3) is 4.99. The molecule has 1 saturated heterocycles. The molecular formula is C16H27NO3. The fourth-order valence-electron chi connectivity index (χ4n) is 1.99. The smallest absolute Gasteiger partial charge is 0.410 e. The van der Waals surface area contributed by atoms with Gasteiger partial charge in [0.15, 0.2) is 5.78 Å². The molecule has 0 bridgehead atoms. The molecule has 1 amide bonds. The number of hydrogen-bond donors (Lipinski definition) is 0. The van der Waals surface area contributed by atoms with E-state index in [1.54, 1.807) is 11.0 Å². The Morgan fingerprint density at radius 1 is 1.15 bits per heavy atom. The number of nitrogens with zero attached hydrogens (tertiary/aromatic N) is 1. The first-order valence-electron chi connectivity index (χ1n) is 7.23. The van der Waals surface area contributed by atoms with Crippen LogP contribution >= 0.6 is 0 Å². The Labute approximate surface area is 122 Å². The summed E-state index contributed by atoms with van der Waals surface area (Å²) in [6, 6.07) is -0.0313. The van der Waals surface area contributed by atoms with Crippen LogP contribution in [0.1, 0.15) is 54.4 Å². The van der Waals surface area contributed by atoms with Gasteiger partial charge in [0.2, 0.25) is 0 Å². The Kier molecular flexibility index (Phi) is 5.00. The van der Waals surface area contributed by atoms with Crippen molar-refractivity contribution < 1.29 is 14.3 Å². The van der Waals surface area contributed by atoms with E-state index in [0.29, 0.717) is 6.54 Å². The highest BCUT2D eigenvalue weighted by Crippen LogP contribution is 2.22. The van der Waals surface area contributed by atoms with Gasteiger partial charge in [-0.1, -0.05) is 26.8 Å². The van der Waals surface area contributed by atoms with Gasteiger partial charge in [0.1, 0.15) is 5.60 Å². The second-order valence-electron chi connectivity index (χ2n) is 7.36. The summed E-state index contributed by atoms with van der Waals surface area (Å²) < 4.78 is 5.39. The van der Waals surface area contributed by atoms with Crippen molar-refractivity contribution in [2.24, 2.45) is 5.41 Å². The second kappa shape index (κ2) is 5.98. The molecule has 0 spiro atoms. The van der Waals surface area contributed by atoms with Crippen LogP contribution in [0.25, 0.3) is 0 Å². The van der Waals surface area contributed by atoms with E-state index >= 15 is 0 Å². The van der Waals surface area contributed by atoms with Crippen LogP contribution < -0.4 is 0 Å². The monoisotopic (exact) mass is 281 g/mol. The van der Waals surface area contributed by atoms with E-state index in [0.717, 1.165) is 12.8 Å². The van der Waals surface area contributed by atoms with Gasteiger partial charge in [0.25, 0.3) is 0 Å². The topological polar surface area (TPSA) is 46.6 Å². The van der Waals surface area contributed by atoms with Crippen molar-refractivity contribution in [3.05, 3.63) is 12.2 Å². The molecule has 0 aromatic carbocycles. The van der Waals surface area contributed by atoms with E-state index < -0.39 is 5.60 Å². The molecular weight excluding hydrogens is 254 g/mol. The van der Waals surface area contributed by atoms with Gasteiger partial charge in [-0.3, -0.25) is 4.79 Å². The molecule has 0 aromatic heterocycles. The Morgan fingerprint density at radius 2 is 1.75 bits per heavy atom. The van der Waals surface area contributed by atoms with Crippen LogP contribution in [0, 0.1) is 5.41 Å². The van der Waals surface area contributed by atoms with Crippen LogP contribution in [-0.4, -0.2) is 35.0 Å². The van der Waals surface area contributed by atoms with Gasteiger partial charge >= 0.3 is 6.09 Å². The minimum atomic E-state index is -0.491. The van der Waals surface area contributed by atoms with Crippen molar-refractivity contribution >= 4 is 11.9 Å². The second-order valence-corrected chi connectivity index (χ2v) is 7.36. The van der Waals surface area contributed by atoms with Gasteiger partial charge in [0, 0.05) is 12.0 Å². The molecule has 20 heavy (non-hydrogen) atoms. The molecule has 1 atom stereocenters. The standard InChI is InChI=1S/C16H27NO3/c1-15(2,3)13(18)10-9-12-8-7-11-17(12)14(19)20-16(4,5)6/h9-10,12H,7-8,11H2,1-6H3/b10-9+. The quantitative estimate of drug-likeness (QED) is 0.727. The molecule has 1 unspecified atom stereocenters. The number of rotatable bonds is 2. The molecule has 1 aliphatic rings. The number of carbonyl (C=O) groups is 2. The van der Waals surface area contributed by atoms with Crippen molar-refractivity contribution in [1.82, 2.24) is 4.90 Å². The summed E-state index contributed by atoms with van der Waals surface area (Å²) in [7, 11) is 0. The molecule has 0 radical (unpaired) electrons. The van der Waals surface area contributed by atoms with Gasteiger partial charge in [0.05, 0.1) is 6.04 Å². The Hall–Kier alpha value is -1.32. The third-order valence-corrected chi connectivity index (χ3v) is 3.14. The SMILES string of the molecule is CC(C)(C)OC(=O)N1CCCC1/C=C/C(=O)C(C)(C)C. The molecule has 4 heteroatoms. The van der Waals surface area contributed by atoms with Crippen LogP contribution in [0.4, 0.5) is 4.79 Å². The van der Waals surface area contributed by atoms with Crippen molar-refractivity contribution in [3.8, 4) is 0 Å². The highest BCUT2D eigenvalue weighted by atomic mass is 16.6. The van der Waals surface area contributed by atoms with Crippen LogP contribution in [-0.2, 0) is 9.53 Å². The molecule has 1 fully saturated rings. The van der Waals surface area contributed by atoms with Gasteiger partial charge < -0.3 is 9.64 Å². The first-order chi connectivity index (χ1) is 9.00. The highest BCUT2D eigenvalue weighted by Gasteiger charge is 2.31. The number of hydrogen-bond acceptors (Lipinski definition) is 3. The summed E-state index contributed by atoms with van der Waals surface area (Å²) in [4.78, 5) is 25.7. The zero-order valence-electron chi connectivity index (χ0n) is 13.5. The predicted octanol–water partition coefficient (Wildman–Crippen LogP) is 3.56. The lowest BCUT2D eigenvalue weighted by Gasteiger charge is -2.27. The molecule has 0 aliphatic carbocycles. The molecule has 1 aliphatic heterocycles. The molecule has 0 aromatic rings. The number of carbonyl (C=O) groups excluding carboxylic acids is 2. The molecule has 0 saturated carbocycles. The maximum atomic E-state index is 12.1. The van der Waals surface area contributed by atoms with Gasteiger partial charge in [-0.15, -0.1) is 0 Å². The molecule has 1 rings (SSSR count). The van der Waals surface area contributed by atoms with E-state index in [4.69, 9.17) is 4.74 Å². The van der Waals surface area contributed by atoms with Crippen molar-refractivity contribution in [2.75, 3.05) is 6.54 Å². The van der Waals surface area contributed by atoms with Gasteiger partial charge in [-0.25, -0.2) is 4.79 Å². The third-order valence-electron chi connectivity index (χ3n) is 3.14. The molecule has 0 N–H and O–H groups in total. The Balaban J connectivity index is 2.69. The fraction of sp³-hybridized carbons (Fsp3) is 0.750. The Bertz CT molecular complexity index is 399. The summed E-state index contributed by atoms with van der Waals surface area (Å²) in [6.45, 7) is 11.9. The minimum Gasteiger partial charge on any atom is -0.444 e. The number of likely N-dealkylation sites (tertiary alicyclic amines) is 1. The number of amides is 1. The normalized spacial score (nSPS) is 20.5. The average molecular weight is 281 g/mol. The minimum absolute atomic E-state index is 0.0313. The van der Waals surface area contributed by atoms with Crippen LogP contribution in [0.15, 0.2) is 12.2 Å². The maximum absolute atomic E-state index is 12.1. The molecule has 114 valence electrons. The predicted molar refractivity (Wildman–Crippen MR) is 79.6 cm³/mol. The maximum Gasteiger partial charge on any atom is 0.410 e. The lowest BCUT2D eigenvalue weighted by molar-refractivity contribution is -0.121. The molecule has 1 heterocycles. The zero-order valence-corrected chi connectivity index (χ0v) is 13.5. The van der Waals surface area contributed by atoms with Crippen LogP contribution in [0.2, 0.25) is 0 Å². The van der Waals surface area contributed by atoms with E-state index in [-0.39, 0.29) is 23.3 Å². The lowest BCUT2D eigenvalue weighted by atomic mass is 9.90. The van der Waals surface area contributed by atoms with E-state index in [1.165, 1.54) is 0 Å². The van der Waals surface area contributed by atoms with E-state index in [2.05, 4.69) is 0 Å². The average Bonchev–Trinajstić information content (AvgIpc) is 2.70. The largest absolute Gasteiger partial charge is 0.444 e. The summed E-state index contributed by atoms with van der Waals surface area (Å²) in [5, 5.41) is 0. The highest BCUT2D eigenvalue weighted by molar-refractivity contribution is 5.94. The van der Waals surface area contributed by atoms with E-state index in [9.17, 15) is 9.59 Å². The van der Waals surface area contributed by atoms with Crippen LogP contribution in [0.3, 0.4) is 0 Å². The first-order valence-corrected chi connectivity index (χ1v) is 7.23.